The largest absolute Gasteiger partial charge is 0.394 e. The van der Waals surface area contributed by atoms with Crippen molar-refractivity contribution in [1.82, 2.24) is 5.32 Å². The maximum absolute atomic E-state index is 12.5. The van der Waals surface area contributed by atoms with E-state index in [0.717, 1.165) is 25.7 Å². The van der Waals surface area contributed by atoms with E-state index in [4.69, 9.17) is 0 Å². The highest BCUT2D eigenvalue weighted by atomic mass is 16.3. The summed E-state index contributed by atoms with van der Waals surface area (Å²) in [6.07, 6.45) is 66.2. The molecule has 3 N–H and O–H groups in total. The second-order valence-corrected chi connectivity index (χ2v) is 19.0. The number of amides is 1. The number of hydrogen-bond donors (Lipinski definition) is 3. The number of rotatable bonds is 51. The first-order valence-corrected chi connectivity index (χ1v) is 27.4. The van der Waals surface area contributed by atoms with E-state index in [1.807, 2.05) is 0 Å². The van der Waals surface area contributed by atoms with E-state index in [1.54, 1.807) is 0 Å². The van der Waals surface area contributed by atoms with E-state index < -0.39 is 12.1 Å². The van der Waals surface area contributed by atoms with Crippen LogP contribution in [0.15, 0.2) is 12.2 Å². The number of unbranched alkanes of at least 4 members (excludes halogenated alkanes) is 42. The SMILES string of the molecule is CCCCCCCCCCCCCC/C=C\CCCCCCCCCC(=O)NC(CO)C(O)CCCCCCCCCCCCCCCCCCCCCCCCCC. The van der Waals surface area contributed by atoms with Gasteiger partial charge in [0.1, 0.15) is 0 Å². The molecule has 0 saturated carbocycles. The van der Waals surface area contributed by atoms with E-state index in [0.29, 0.717) is 12.8 Å². The Morgan fingerprint density at radius 1 is 0.390 bits per heavy atom. The molecular weight excluding hydrogens is 723 g/mol. The summed E-state index contributed by atoms with van der Waals surface area (Å²) in [6.45, 7) is 4.40. The zero-order chi connectivity index (χ0) is 42.8. The predicted molar refractivity (Wildman–Crippen MR) is 263 cm³/mol. The number of aliphatic hydroxyl groups excluding tert-OH is 2. The molecule has 352 valence electrons. The summed E-state index contributed by atoms with van der Waals surface area (Å²) in [5.74, 6) is -0.0297. The van der Waals surface area contributed by atoms with Crippen molar-refractivity contribution in [1.29, 1.82) is 0 Å². The van der Waals surface area contributed by atoms with Crippen molar-refractivity contribution in [2.45, 2.75) is 328 Å². The Morgan fingerprint density at radius 2 is 0.644 bits per heavy atom. The number of aliphatic hydroxyl groups is 2. The molecule has 0 aliphatic carbocycles. The molecule has 0 spiro atoms. The molecule has 0 aromatic rings. The van der Waals surface area contributed by atoms with Gasteiger partial charge in [0.15, 0.2) is 0 Å². The molecule has 4 heteroatoms. The molecule has 2 unspecified atom stereocenters. The Kier molecular flexibility index (Phi) is 50.7. The lowest BCUT2D eigenvalue weighted by Gasteiger charge is -2.22. The van der Waals surface area contributed by atoms with Crippen LogP contribution in [0, 0.1) is 0 Å². The summed E-state index contributed by atoms with van der Waals surface area (Å²) < 4.78 is 0. The Bertz CT molecular complexity index is 814. The molecule has 4 nitrogen and oxygen atoms in total. The van der Waals surface area contributed by atoms with Crippen molar-refractivity contribution in [2.24, 2.45) is 0 Å². The van der Waals surface area contributed by atoms with Gasteiger partial charge < -0.3 is 15.5 Å². The summed E-state index contributed by atoms with van der Waals surface area (Å²) in [5, 5.41) is 23.3. The highest BCUT2D eigenvalue weighted by Gasteiger charge is 2.20. The van der Waals surface area contributed by atoms with Crippen LogP contribution in [-0.4, -0.2) is 34.9 Å². The third kappa shape index (κ3) is 48.0. The maximum Gasteiger partial charge on any atom is 0.220 e. The predicted octanol–water partition coefficient (Wildman–Crippen LogP) is 17.8. The van der Waals surface area contributed by atoms with Gasteiger partial charge in [-0.1, -0.05) is 283 Å². The third-order valence-electron chi connectivity index (χ3n) is 13.0. The minimum Gasteiger partial charge on any atom is -0.394 e. The molecule has 0 saturated heterocycles. The first-order valence-electron chi connectivity index (χ1n) is 27.4. The highest BCUT2D eigenvalue weighted by Crippen LogP contribution is 2.18. The minimum atomic E-state index is -0.659. The van der Waals surface area contributed by atoms with Gasteiger partial charge in [0, 0.05) is 6.42 Å². The monoisotopic (exact) mass is 832 g/mol. The molecule has 0 fully saturated rings. The maximum atomic E-state index is 12.5. The van der Waals surface area contributed by atoms with Gasteiger partial charge in [-0.15, -0.1) is 0 Å². The fraction of sp³-hybridized carbons (Fsp3) is 0.945. The molecular formula is C55H109NO3. The van der Waals surface area contributed by atoms with Crippen LogP contribution in [0.3, 0.4) is 0 Å². The molecule has 0 aromatic carbocycles. The van der Waals surface area contributed by atoms with Crippen LogP contribution in [0.25, 0.3) is 0 Å². The van der Waals surface area contributed by atoms with Crippen molar-refractivity contribution < 1.29 is 15.0 Å². The molecule has 59 heavy (non-hydrogen) atoms. The smallest absolute Gasteiger partial charge is 0.220 e. The van der Waals surface area contributed by atoms with E-state index in [-0.39, 0.29) is 12.5 Å². The number of allylic oxidation sites excluding steroid dienone is 2. The van der Waals surface area contributed by atoms with Gasteiger partial charge in [-0.05, 0) is 38.5 Å². The normalized spacial score (nSPS) is 12.8. The lowest BCUT2D eigenvalue weighted by atomic mass is 10.0. The standard InChI is InChI=1S/C55H109NO3/c1-3-5-7-9-11-13-15-17-19-21-23-25-27-29-30-32-34-36-38-40-42-44-46-48-50-54(58)53(52-57)56-55(59)51-49-47-45-43-41-39-37-35-33-31-28-26-24-22-20-18-16-14-12-10-8-6-4-2/h31,33,53-54,57-58H,3-30,32,34-52H2,1-2H3,(H,56,59)/b33-31-. The molecule has 0 bridgehead atoms. The van der Waals surface area contributed by atoms with Gasteiger partial charge in [-0.25, -0.2) is 0 Å². The molecule has 0 heterocycles. The van der Waals surface area contributed by atoms with E-state index >= 15 is 0 Å². The molecule has 0 radical (unpaired) electrons. The lowest BCUT2D eigenvalue weighted by molar-refractivity contribution is -0.123. The second-order valence-electron chi connectivity index (χ2n) is 19.0. The van der Waals surface area contributed by atoms with Gasteiger partial charge in [0.05, 0.1) is 18.8 Å². The summed E-state index contributed by atoms with van der Waals surface area (Å²) in [7, 11) is 0. The number of carbonyl (C=O) groups is 1. The minimum absolute atomic E-state index is 0.0297. The van der Waals surface area contributed by atoms with E-state index in [2.05, 4.69) is 31.3 Å². The van der Waals surface area contributed by atoms with Crippen LogP contribution in [0.4, 0.5) is 0 Å². The Labute approximate surface area is 371 Å². The van der Waals surface area contributed by atoms with Gasteiger partial charge in [-0.2, -0.15) is 0 Å². The zero-order valence-electron chi connectivity index (χ0n) is 40.6. The highest BCUT2D eigenvalue weighted by molar-refractivity contribution is 5.76. The fourth-order valence-corrected chi connectivity index (χ4v) is 8.83. The van der Waals surface area contributed by atoms with E-state index in [1.165, 1.54) is 263 Å². The second kappa shape index (κ2) is 51.5. The Balaban J connectivity index is 3.44. The molecule has 0 aromatic heterocycles. The van der Waals surface area contributed by atoms with Crippen LogP contribution >= 0.6 is 0 Å². The fourth-order valence-electron chi connectivity index (χ4n) is 8.83. The summed E-state index contributed by atoms with van der Waals surface area (Å²) in [6, 6.07) is -0.536. The average molecular weight is 832 g/mol. The Hall–Kier alpha value is -0.870. The summed E-state index contributed by atoms with van der Waals surface area (Å²) in [4.78, 5) is 12.5. The van der Waals surface area contributed by atoms with Gasteiger partial charge in [-0.3, -0.25) is 4.79 Å². The number of hydrogen-bond acceptors (Lipinski definition) is 3. The first kappa shape index (κ1) is 58.1. The third-order valence-corrected chi connectivity index (χ3v) is 13.0. The first-order chi connectivity index (χ1) is 29.2. The summed E-state index contributed by atoms with van der Waals surface area (Å²) >= 11 is 0. The van der Waals surface area contributed by atoms with Crippen LogP contribution < -0.4 is 5.32 Å². The number of nitrogens with one attached hydrogen (secondary N) is 1. The molecule has 0 aliphatic heterocycles. The molecule has 1 amide bonds. The topological polar surface area (TPSA) is 69.6 Å². The molecule has 0 aliphatic rings. The zero-order valence-corrected chi connectivity index (χ0v) is 40.6. The van der Waals surface area contributed by atoms with Crippen LogP contribution in [-0.2, 0) is 4.79 Å². The quantitative estimate of drug-likeness (QED) is 0.0422. The Morgan fingerprint density at radius 3 is 0.932 bits per heavy atom. The number of carbonyl (C=O) groups excluding carboxylic acids is 1. The van der Waals surface area contributed by atoms with Crippen molar-refractivity contribution in [3.8, 4) is 0 Å². The molecule has 0 rings (SSSR count). The van der Waals surface area contributed by atoms with Gasteiger partial charge >= 0.3 is 0 Å². The molecule has 2 atom stereocenters. The van der Waals surface area contributed by atoms with Crippen molar-refractivity contribution in [3.05, 3.63) is 12.2 Å². The lowest BCUT2D eigenvalue weighted by Crippen LogP contribution is -2.45. The van der Waals surface area contributed by atoms with Crippen molar-refractivity contribution in [2.75, 3.05) is 6.61 Å². The van der Waals surface area contributed by atoms with Gasteiger partial charge in [0.2, 0.25) is 5.91 Å². The van der Waals surface area contributed by atoms with Crippen molar-refractivity contribution >= 4 is 5.91 Å². The average Bonchev–Trinajstić information content (AvgIpc) is 3.24. The van der Waals surface area contributed by atoms with Gasteiger partial charge in [0.25, 0.3) is 0 Å². The van der Waals surface area contributed by atoms with E-state index in [9.17, 15) is 15.0 Å². The van der Waals surface area contributed by atoms with Crippen molar-refractivity contribution in [3.63, 3.8) is 0 Å². The summed E-state index contributed by atoms with van der Waals surface area (Å²) in [5.41, 5.74) is 0. The van der Waals surface area contributed by atoms with Crippen LogP contribution in [0.5, 0.6) is 0 Å². The van der Waals surface area contributed by atoms with Crippen LogP contribution in [0.2, 0.25) is 0 Å². The van der Waals surface area contributed by atoms with Crippen LogP contribution in [0.1, 0.15) is 316 Å².